The summed E-state index contributed by atoms with van der Waals surface area (Å²) in [5.74, 6) is -0.276. The van der Waals surface area contributed by atoms with Gasteiger partial charge < -0.3 is 24.5 Å². The average Bonchev–Trinajstić information content (AvgIpc) is 3.39. The molecule has 1 amide bonds. The van der Waals surface area contributed by atoms with Crippen LogP contribution in [0.3, 0.4) is 0 Å². The van der Waals surface area contributed by atoms with E-state index in [0.29, 0.717) is 24.3 Å². The van der Waals surface area contributed by atoms with Gasteiger partial charge in [-0.2, -0.15) is 0 Å². The molecule has 0 spiro atoms. The van der Waals surface area contributed by atoms with Crippen LogP contribution in [0.15, 0.2) is 60.7 Å². The number of amides is 1. The lowest BCUT2D eigenvalue weighted by Crippen LogP contribution is -2.40. The van der Waals surface area contributed by atoms with E-state index in [1.807, 2.05) is 74.0 Å². The molecule has 2 aromatic carbocycles. The first-order chi connectivity index (χ1) is 18.0. The first-order valence-corrected chi connectivity index (χ1v) is 14.2. The number of benzene rings is 2. The van der Waals surface area contributed by atoms with E-state index < -0.39 is 0 Å². The van der Waals surface area contributed by atoms with Crippen LogP contribution in [0.5, 0.6) is 0 Å². The number of anilines is 2. The Bertz CT molecular complexity index is 1180. The van der Waals surface area contributed by atoms with Crippen molar-refractivity contribution in [1.82, 2.24) is 4.90 Å². The van der Waals surface area contributed by atoms with Crippen molar-refractivity contribution < 1.29 is 19.1 Å². The fraction of sp³-hybridized carbons (Fsp3) is 0.321. The van der Waals surface area contributed by atoms with Gasteiger partial charge in [0.2, 0.25) is 0 Å². The predicted molar refractivity (Wildman–Crippen MR) is 154 cm³/mol. The highest BCUT2D eigenvalue weighted by Crippen LogP contribution is 2.35. The number of rotatable bonds is 8. The standard InChI is InChI=1S/C14H18N2O2S.C14H15NO2S/c1-19-15-13-6-2-5-12(8-13)14(18)16-7-3-4-11(9-16)10-17;1-3-17-14(16)11-9-12(18-13(11)15-2)10-7-5-4-6-8-10/h2,5-6,8,10-11,15H,3-4,7,9H2,1H3;4-9,15H,3H2,1-2H3. The van der Waals surface area contributed by atoms with E-state index >= 15 is 0 Å². The van der Waals surface area contributed by atoms with E-state index in [1.54, 1.807) is 23.2 Å². The number of carbonyl (C=O) groups excluding carboxylic acids is 3. The van der Waals surface area contributed by atoms with Gasteiger partial charge in [0, 0.05) is 48.4 Å². The van der Waals surface area contributed by atoms with Gasteiger partial charge in [-0.3, -0.25) is 4.79 Å². The van der Waals surface area contributed by atoms with Crippen LogP contribution in [0.4, 0.5) is 10.7 Å². The first kappa shape index (κ1) is 28.3. The van der Waals surface area contributed by atoms with Crippen LogP contribution in [0.1, 0.15) is 40.5 Å². The Balaban J connectivity index is 0.000000206. The van der Waals surface area contributed by atoms with Crippen LogP contribution in [-0.2, 0) is 9.53 Å². The second-order valence-corrected chi connectivity index (χ2v) is 10.0. The quantitative estimate of drug-likeness (QED) is 0.204. The highest BCUT2D eigenvalue weighted by molar-refractivity contribution is 7.99. The number of nitrogens with one attached hydrogen (secondary N) is 2. The van der Waals surface area contributed by atoms with Crippen molar-refractivity contribution in [2.45, 2.75) is 19.8 Å². The number of hydrogen-bond acceptors (Lipinski definition) is 8. The van der Waals surface area contributed by atoms with E-state index in [0.717, 1.165) is 46.8 Å². The molecule has 1 aliphatic rings. The van der Waals surface area contributed by atoms with Crippen LogP contribution in [-0.4, -0.2) is 56.1 Å². The van der Waals surface area contributed by atoms with Crippen LogP contribution in [0, 0.1) is 5.92 Å². The van der Waals surface area contributed by atoms with E-state index in [9.17, 15) is 14.4 Å². The minimum atomic E-state index is -0.278. The predicted octanol–water partition coefficient (Wildman–Crippen LogP) is 6.06. The molecular formula is C28H33N3O4S2. The van der Waals surface area contributed by atoms with Crippen LogP contribution < -0.4 is 10.0 Å². The monoisotopic (exact) mass is 539 g/mol. The van der Waals surface area contributed by atoms with Crippen molar-refractivity contribution in [1.29, 1.82) is 0 Å². The van der Waals surface area contributed by atoms with Gasteiger partial charge in [-0.25, -0.2) is 4.79 Å². The summed E-state index contributed by atoms with van der Waals surface area (Å²) >= 11 is 3.05. The van der Waals surface area contributed by atoms with Crippen molar-refractivity contribution in [2.75, 3.05) is 43.0 Å². The van der Waals surface area contributed by atoms with Crippen LogP contribution in [0.2, 0.25) is 0 Å². The van der Waals surface area contributed by atoms with Gasteiger partial charge in [-0.1, -0.05) is 48.3 Å². The van der Waals surface area contributed by atoms with E-state index in [-0.39, 0.29) is 17.8 Å². The first-order valence-electron chi connectivity index (χ1n) is 12.2. The molecular weight excluding hydrogens is 506 g/mol. The van der Waals surface area contributed by atoms with Gasteiger partial charge in [0.15, 0.2) is 0 Å². The normalized spacial score (nSPS) is 14.7. The zero-order chi connectivity index (χ0) is 26.6. The number of nitrogens with zero attached hydrogens (tertiary/aromatic N) is 1. The second kappa shape index (κ2) is 14.4. The maximum absolute atomic E-state index is 12.4. The molecule has 1 aliphatic heterocycles. The second-order valence-electron chi connectivity index (χ2n) is 8.37. The van der Waals surface area contributed by atoms with Crippen molar-refractivity contribution in [2.24, 2.45) is 5.92 Å². The number of hydrogen-bond donors (Lipinski definition) is 2. The van der Waals surface area contributed by atoms with Crippen LogP contribution >= 0.6 is 23.3 Å². The Labute approximate surface area is 226 Å². The van der Waals surface area contributed by atoms with Crippen molar-refractivity contribution in [3.63, 3.8) is 0 Å². The molecule has 0 radical (unpaired) electrons. The molecule has 1 fully saturated rings. The summed E-state index contributed by atoms with van der Waals surface area (Å²) in [7, 11) is 1.81. The van der Waals surface area contributed by atoms with Gasteiger partial charge in [0.1, 0.15) is 11.3 Å². The zero-order valence-corrected chi connectivity index (χ0v) is 23.0. The molecule has 0 saturated carbocycles. The molecule has 0 bridgehead atoms. The lowest BCUT2D eigenvalue weighted by Gasteiger charge is -2.30. The summed E-state index contributed by atoms with van der Waals surface area (Å²) in [5, 5.41) is 3.88. The van der Waals surface area contributed by atoms with Crippen molar-refractivity contribution >= 4 is 52.1 Å². The summed E-state index contributed by atoms with van der Waals surface area (Å²) in [5.41, 5.74) is 3.30. The van der Waals surface area contributed by atoms with Gasteiger partial charge >= 0.3 is 5.97 Å². The van der Waals surface area contributed by atoms with Crippen molar-refractivity contribution in [3.8, 4) is 10.4 Å². The van der Waals surface area contributed by atoms with Gasteiger partial charge in [-0.05, 0) is 49.6 Å². The Kier molecular flexibility index (Phi) is 11.0. The molecule has 0 aliphatic carbocycles. The maximum atomic E-state index is 12.4. The summed E-state index contributed by atoms with van der Waals surface area (Å²) in [4.78, 5) is 37.9. The Morgan fingerprint density at radius 3 is 2.62 bits per heavy atom. The molecule has 9 heteroatoms. The number of ether oxygens (including phenoxy) is 1. The molecule has 37 heavy (non-hydrogen) atoms. The number of piperidine rings is 1. The smallest absolute Gasteiger partial charge is 0.341 e. The average molecular weight is 540 g/mol. The van der Waals surface area contributed by atoms with E-state index in [1.165, 1.54) is 11.9 Å². The molecule has 4 rings (SSSR count). The van der Waals surface area contributed by atoms with E-state index in [4.69, 9.17) is 4.74 Å². The summed E-state index contributed by atoms with van der Waals surface area (Å²) in [6.45, 7) is 3.48. The molecule has 7 nitrogen and oxygen atoms in total. The maximum Gasteiger partial charge on any atom is 0.341 e. The Morgan fingerprint density at radius 1 is 1.16 bits per heavy atom. The topological polar surface area (TPSA) is 87.7 Å². The largest absolute Gasteiger partial charge is 0.462 e. The fourth-order valence-electron chi connectivity index (χ4n) is 4.00. The van der Waals surface area contributed by atoms with Gasteiger partial charge in [0.05, 0.1) is 12.2 Å². The number of esters is 1. The van der Waals surface area contributed by atoms with E-state index in [2.05, 4.69) is 10.0 Å². The summed E-state index contributed by atoms with van der Waals surface area (Å²) < 4.78 is 8.16. The third-order valence-electron chi connectivity index (χ3n) is 5.78. The van der Waals surface area contributed by atoms with Gasteiger partial charge in [-0.15, -0.1) is 11.3 Å². The molecule has 196 valence electrons. The molecule has 1 aromatic heterocycles. The minimum absolute atomic E-state index is 0.00907. The fourth-order valence-corrected chi connectivity index (χ4v) is 5.37. The van der Waals surface area contributed by atoms with Crippen molar-refractivity contribution in [3.05, 3.63) is 71.8 Å². The number of likely N-dealkylation sites (tertiary alicyclic amines) is 1. The third-order valence-corrected chi connectivity index (χ3v) is 7.42. The summed E-state index contributed by atoms with van der Waals surface area (Å²) in [6, 6.07) is 19.3. The molecule has 1 atom stereocenters. The lowest BCUT2D eigenvalue weighted by atomic mass is 9.99. The highest BCUT2D eigenvalue weighted by atomic mass is 32.2. The number of thiophene rings is 1. The Morgan fingerprint density at radius 2 is 1.95 bits per heavy atom. The molecule has 2 N–H and O–H groups in total. The summed E-state index contributed by atoms with van der Waals surface area (Å²) in [6.07, 6.45) is 4.69. The number of carbonyl (C=O) groups is 3. The highest BCUT2D eigenvalue weighted by Gasteiger charge is 2.24. The number of aldehydes is 1. The minimum Gasteiger partial charge on any atom is -0.462 e. The SMILES string of the molecule is CCOC(=O)c1cc(-c2ccccc2)sc1NC.CSNc1cccc(C(=O)N2CCCC(C=O)C2)c1. The van der Waals surface area contributed by atoms with Crippen LogP contribution in [0.25, 0.3) is 10.4 Å². The lowest BCUT2D eigenvalue weighted by molar-refractivity contribution is -0.112. The van der Waals surface area contributed by atoms with Gasteiger partial charge in [0.25, 0.3) is 5.91 Å². The molecule has 1 saturated heterocycles. The third kappa shape index (κ3) is 7.84. The molecule has 3 aromatic rings. The molecule has 2 heterocycles. The Hall–Kier alpha value is -3.30. The zero-order valence-electron chi connectivity index (χ0n) is 21.4. The molecule has 1 unspecified atom stereocenters.